The van der Waals surface area contributed by atoms with Crippen LogP contribution in [0.1, 0.15) is 78.6 Å². The number of nitrogens with one attached hydrogen (secondary N) is 2. The molecule has 0 radical (unpaired) electrons. The second-order valence-corrected chi connectivity index (χ2v) is 20.5. The molecular weight excluding hydrogens is 725 g/mol. The molecule has 9 rings (SSSR count). The summed E-state index contributed by atoms with van der Waals surface area (Å²) in [4.78, 5) is 56.6. The van der Waals surface area contributed by atoms with Gasteiger partial charge in [-0.05, 0) is 89.7 Å². The third kappa shape index (κ3) is 5.83. The number of ketones is 1. The third-order valence-corrected chi connectivity index (χ3v) is 18.1. The molecule has 16 atom stereocenters. The Balaban J connectivity index is 1.13. The number of rotatable bonds is 3. The molecule has 7 fully saturated rings. The molecule has 13 heteroatoms. The molecule has 0 aromatic carbocycles. The second-order valence-electron chi connectivity index (χ2n) is 17.9. The van der Waals surface area contributed by atoms with Crippen LogP contribution in [0.3, 0.4) is 0 Å². The average Bonchev–Trinajstić information content (AvgIpc) is 3.50. The molecule has 1 amide bonds. The quantitative estimate of drug-likeness (QED) is 0.164. The SMILES string of the molecule is CC=C(C)C(=O)OC1(C)CC=C2CSSC3CC4C(=O)C=CC5C(C4NC)C3N5C(=O)CC3CNC(N)CC3C2C12CC1CC3CCC(=O)OC3CC1O2. The number of piperidine rings is 1. The van der Waals surface area contributed by atoms with Crippen LogP contribution in [-0.4, -0.2) is 101 Å². The number of nitrogens with two attached hydrogens (primary N) is 1. The molecule has 2 saturated carbocycles. The van der Waals surface area contributed by atoms with Crippen LogP contribution in [0, 0.1) is 41.4 Å². The molecule has 54 heavy (non-hydrogen) atoms. The Morgan fingerprint density at radius 2 is 1.98 bits per heavy atom. The van der Waals surface area contributed by atoms with Gasteiger partial charge in [0.05, 0.1) is 24.4 Å². The Labute approximate surface area is 326 Å². The van der Waals surface area contributed by atoms with Crippen LogP contribution in [0.15, 0.2) is 35.5 Å². The maximum atomic E-state index is 14.8. The van der Waals surface area contributed by atoms with Gasteiger partial charge in [0.15, 0.2) is 5.78 Å². The minimum Gasteiger partial charge on any atom is -0.462 e. The Hall–Kier alpha value is -2.16. The minimum atomic E-state index is -0.982. The van der Waals surface area contributed by atoms with Gasteiger partial charge in [0.2, 0.25) is 5.91 Å². The van der Waals surface area contributed by atoms with Crippen molar-refractivity contribution in [3.63, 3.8) is 0 Å². The van der Waals surface area contributed by atoms with E-state index in [0.717, 1.165) is 31.4 Å². The first kappa shape index (κ1) is 37.4. The van der Waals surface area contributed by atoms with Gasteiger partial charge in [-0.3, -0.25) is 14.4 Å². The molecule has 2 bridgehead atoms. The molecule has 0 aromatic heterocycles. The Kier molecular flexibility index (Phi) is 9.73. The lowest BCUT2D eigenvalue weighted by Crippen LogP contribution is -2.76. The van der Waals surface area contributed by atoms with Gasteiger partial charge in [-0.25, -0.2) is 4.79 Å². The van der Waals surface area contributed by atoms with Gasteiger partial charge >= 0.3 is 11.9 Å². The lowest BCUT2D eigenvalue weighted by atomic mass is 9.56. The highest BCUT2D eigenvalue weighted by molar-refractivity contribution is 8.77. The standard InChI is InChI=1S/C41H56N4O7S2/c1-5-20(2)39(49)52-40(3)11-10-22-19-53-54-31-14-26-28(46)8-7-27-35(37(26)43-4)38(31)45(27)33(47)13-24-18-44-32(42)15-25(24)36(22)41(40)17-23-12-21-6-9-34(48)50-29(21)16-30(23)51-41/h5,7-8,10,21,23-27,29-32,35-38,43-44H,6,9,11-19,42H2,1-4H3. The predicted molar refractivity (Wildman–Crippen MR) is 207 cm³/mol. The number of esters is 2. The van der Waals surface area contributed by atoms with Crippen LogP contribution in [0.4, 0.5) is 0 Å². The first-order valence-corrected chi connectivity index (χ1v) is 22.7. The van der Waals surface area contributed by atoms with Gasteiger partial charge in [-0.15, -0.1) is 0 Å². The number of carbonyl (C=O) groups is 4. The summed E-state index contributed by atoms with van der Waals surface area (Å²) in [6.07, 6.45) is 13.2. The van der Waals surface area contributed by atoms with Crippen molar-refractivity contribution in [1.29, 1.82) is 0 Å². The summed E-state index contributed by atoms with van der Waals surface area (Å²) in [6.45, 7) is 6.32. The topological polar surface area (TPSA) is 149 Å². The van der Waals surface area contributed by atoms with Gasteiger partial charge in [0, 0.05) is 72.6 Å². The third-order valence-electron chi connectivity index (χ3n) is 15.3. The van der Waals surface area contributed by atoms with Gasteiger partial charge in [0.25, 0.3) is 0 Å². The smallest absolute Gasteiger partial charge is 0.334 e. The Morgan fingerprint density at radius 1 is 1.15 bits per heavy atom. The Bertz CT molecular complexity index is 1690. The number of hydrogen-bond acceptors (Lipinski definition) is 12. The first-order chi connectivity index (χ1) is 25.9. The van der Waals surface area contributed by atoms with Crippen molar-refractivity contribution < 1.29 is 33.4 Å². The van der Waals surface area contributed by atoms with Gasteiger partial charge < -0.3 is 35.5 Å². The highest BCUT2D eigenvalue weighted by atomic mass is 33.1. The van der Waals surface area contributed by atoms with Gasteiger partial charge in [-0.2, -0.15) is 0 Å². The maximum Gasteiger partial charge on any atom is 0.334 e. The number of fused-ring (bicyclic) bond motifs is 8. The van der Waals surface area contributed by atoms with Crippen LogP contribution in [0.5, 0.6) is 0 Å². The molecule has 4 aliphatic carbocycles. The van der Waals surface area contributed by atoms with Crippen molar-refractivity contribution >= 4 is 45.2 Å². The molecule has 5 aliphatic heterocycles. The van der Waals surface area contributed by atoms with E-state index in [2.05, 4.69) is 28.5 Å². The van der Waals surface area contributed by atoms with E-state index in [0.29, 0.717) is 50.1 Å². The van der Waals surface area contributed by atoms with E-state index in [1.807, 2.05) is 41.6 Å². The number of allylic oxidation sites excluding steroid dienone is 2. The molecule has 9 aliphatic rings. The summed E-state index contributed by atoms with van der Waals surface area (Å²) >= 11 is 0. The fourth-order valence-corrected chi connectivity index (χ4v) is 15.7. The van der Waals surface area contributed by atoms with Crippen LogP contribution in [0.2, 0.25) is 0 Å². The van der Waals surface area contributed by atoms with E-state index in [9.17, 15) is 19.2 Å². The number of amides is 1. The summed E-state index contributed by atoms with van der Waals surface area (Å²) < 4.78 is 20.2. The summed E-state index contributed by atoms with van der Waals surface area (Å²) in [5.41, 5.74) is 6.77. The monoisotopic (exact) mass is 780 g/mol. The van der Waals surface area contributed by atoms with Crippen molar-refractivity contribution in [3.8, 4) is 0 Å². The van der Waals surface area contributed by atoms with E-state index < -0.39 is 11.2 Å². The molecule has 0 aromatic rings. The molecule has 4 N–H and O–H groups in total. The van der Waals surface area contributed by atoms with Crippen LogP contribution < -0.4 is 16.4 Å². The largest absolute Gasteiger partial charge is 0.462 e. The Morgan fingerprint density at radius 3 is 2.78 bits per heavy atom. The summed E-state index contributed by atoms with van der Waals surface area (Å²) in [7, 11) is 5.63. The highest BCUT2D eigenvalue weighted by Gasteiger charge is 2.68. The van der Waals surface area contributed by atoms with E-state index in [-0.39, 0.29) is 101 Å². The summed E-state index contributed by atoms with van der Waals surface area (Å²) in [6, 6.07) is 0.0195. The zero-order valence-corrected chi connectivity index (χ0v) is 33.5. The fraction of sp³-hybridized carbons (Fsp3) is 0.756. The van der Waals surface area contributed by atoms with Gasteiger partial charge in [-0.1, -0.05) is 45.4 Å². The summed E-state index contributed by atoms with van der Waals surface area (Å²) in [5.74, 6) is 1.03. The van der Waals surface area contributed by atoms with Crippen molar-refractivity contribution in [1.82, 2.24) is 15.5 Å². The van der Waals surface area contributed by atoms with Crippen molar-refractivity contribution in [2.24, 2.45) is 47.2 Å². The second kappa shape index (κ2) is 14.0. The fourth-order valence-electron chi connectivity index (χ4n) is 12.6. The normalized spacial score (nSPS) is 48.4. The van der Waals surface area contributed by atoms with E-state index in [1.165, 1.54) is 5.57 Å². The minimum absolute atomic E-state index is 0.0113. The number of hydrogen-bond donors (Lipinski definition) is 3. The van der Waals surface area contributed by atoms with E-state index >= 15 is 0 Å². The molecule has 11 nitrogen and oxygen atoms in total. The molecular formula is C41H56N4O7S2. The number of carbonyl (C=O) groups excluding carboxylic acids is 4. The van der Waals surface area contributed by atoms with Crippen LogP contribution in [-0.2, 0) is 33.4 Å². The highest BCUT2D eigenvalue weighted by Crippen LogP contribution is 2.63. The zero-order valence-electron chi connectivity index (χ0n) is 31.9. The van der Waals surface area contributed by atoms with Crippen molar-refractivity contribution in [2.75, 3.05) is 19.3 Å². The molecule has 5 saturated heterocycles. The molecule has 5 heterocycles. The van der Waals surface area contributed by atoms with E-state index in [4.69, 9.17) is 19.9 Å². The first-order valence-electron chi connectivity index (χ1n) is 20.4. The van der Waals surface area contributed by atoms with Crippen LogP contribution in [0.25, 0.3) is 0 Å². The maximum absolute atomic E-state index is 14.8. The van der Waals surface area contributed by atoms with Gasteiger partial charge in [0.1, 0.15) is 17.3 Å². The zero-order chi connectivity index (χ0) is 37.7. The molecule has 294 valence electrons. The lowest BCUT2D eigenvalue weighted by Gasteiger charge is -2.62. The van der Waals surface area contributed by atoms with Crippen molar-refractivity contribution in [3.05, 3.63) is 35.5 Å². The van der Waals surface area contributed by atoms with Crippen LogP contribution >= 0.6 is 21.6 Å². The lowest BCUT2D eigenvalue weighted by molar-refractivity contribution is -0.229. The summed E-state index contributed by atoms with van der Waals surface area (Å²) in [5, 5.41) is 7.15. The number of ether oxygens (including phenoxy) is 3. The molecule has 1 spiro atoms. The number of nitrogens with zero attached hydrogens (tertiary/aromatic N) is 1. The average molecular weight is 781 g/mol. The van der Waals surface area contributed by atoms with E-state index in [1.54, 1.807) is 19.1 Å². The predicted octanol–water partition coefficient (Wildman–Crippen LogP) is 4.07. The molecule has 16 unspecified atom stereocenters. The van der Waals surface area contributed by atoms with Crippen molar-refractivity contribution in [2.45, 2.75) is 132 Å².